The number of amides is 1. The molecule has 6 nitrogen and oxygen atoms in total. The molecule has 0 saturated heterocycles. The van der Waals surface area contributed by atoms with E-state index in [4.69, 9.17) is 0 Å². The summed E-state index contributed by atoms with van der Waals surface area (Å²) in [5.41, 5.74) is 1.75. The molecule has 0 bridgehead atoms. The van der Waals surface area contributed by atoms with Crippen LogP contribution in [-0.4, -0.2) is 27.4 Å². The van der Waals surface area contributed by atoms with Gasteiger partial charge < -0.3 is 5.32 Å². The number of carbonyl (C=O) groups excluding carboxylic acids is 3. The van der Waals surface area contributed by atoms with Crippen molar-refractivity contribution in [2.45, 2.75) is 38.6 Å². The fraction of sp³-hybridized carbons (Fsp3) is 0.286. The third kappa shape index (κ3) is 6.13. The van der Waals surface area contributed by atoms with E-state index < -0.39 is 0 Å². The Morgan fingerprint density at radius 3 is 2.62 bits per heavy atom. The average molecular weight is 428 g/mol. The maximum Gasteiger partial charge on any atom is 0.220 e. The van der Waals surface area contributed by atoms with Gasteiger partial charge in [0, 0.05) is 49.0 Å². The Labute approximate surface area is 177 Å². The molecule has 29 heavy (non-hydrogen) atoms. The summed E-state index contributed by atoms with van der Waals surface area (Å²) in [6, 6.07) is 7.11. The zero-order valence-electron chi connectivity index (χ0n) is 16.0. The maximum atomic E-state index is 12.2. The van der Waals surface area contributed by atoms with Crippen molar-refractivity contribution in [2.75, 3.05) is 0 Å². The molecule has 3 rings (SSSR count). The van der Waals surface area contributed by atoms with Crippen LogP contribution in [0.15, 0.2) is 47.4 Å². The molecule has 0 aromatic carbocycles. The van der Waals surface area contributed by atoms with Crippen LogP contribution in [0.1, 0.15) is 53.3 Å². The molecule has 0 aliphatic rings. The molecule has 1 atom stereocenters. The van der Waals surface area contributed by atoms with Gasteiger partial charge in [0.05, 0.1) is 16.6 Å². The largest absolute Gasteiger partial charge is 0.347 e. The molecule has 3 heterocycles. The van der Waals surface area contributed by atoms with Crippen LogP contribution in [0.5, 0.6) is 0 Å². The summed E-state index contributed by atoms with van der Waals surface area (Å²) in [5.74, 6) is -0.306. The van der Waals surface area contributed by atoms with Crippen LogP contribution in [0, 0.1) is 0 Å². The molecule has 1 unspecified atom stereocenters. The van der Waals surface area contributed by atoms with E-state index in [0.29, 0.717) is 4.88 Å². The number of thiophene rings is 1. The maximum absolute atomic E-state index is 12.2. The summed E-state index contributed by atoms with van der Waals surface area (Å²) >= 11 is 2.84. The van der Waals surface area contributed by atoms with Crippen molar-refractivity contribution < 1.29 is 14.4 Å². The summed E-state index contributed by atoms with van der Waals surface area (Å²) in [5, 5.41) is 7.45. The smallest absolute Gasteiger partial charge is 0.220 e. The van der Waals surface area contributed by atoms with E-state index in [9.17, 15) is 14.4 Å². The lowest BCUT2D eigenvalue weighted by atomic mass is 10.1. The monoisotopic (exact) mass is 427 g/mol. The van der Waals surface area contributed by atoms with Gasteiger partial charge in [0.25, 0.3) is 0 Å². The zero-order valence-corrected chi connectivity index (χ0v) is 17.6. The Hall–Kier alpha value is -2.71. The van der Waals surface area contributed by atoms with Gasteiger partial charge in [-0.05, 0) is 30.5 Å². The minimum Gasteiger partial charge on any atom is -0.347 e. The van der Waals surface area contributed by atoms with E-state index in [1.165, 1.54) is 22.7 Å². The topological polar surface area (TPSA) is 89.0 Å². The molecular formula is C21H21N3O3S2. The van der Waals surface area contributed by atoms with Crippen molar-refractivity contribution in [1.82, 2.24) is 15.3 Å². The number of aromatic nitrogens is 2. The minimum atomic E-state index is -0.242. The van der Waals surface area contributed by atoms with Crippen LogP contribution in [0.2, 0.25) is 0 Å². The van der Waals surface area contributed by atoms with Crippen LogP contribution in [0.3, 0.4) is 0 Å². The molecule has 0 spiro atoms. The van der Waals surface area contributed by atoms with Gasteiger partial charge in [-0.3, -0.25) is 19.4 Å². The number of nitrogens with zero attached hydrogens (tertiary/aromatic N) is 2. The molecule has 0 fully saturated rings. The SMILES string of the molecule is CC(NC(=O)CCC(=O)CCC(=O)c1cccs1)c1nc(-c2cccnc2)cs1. The second-order valence-electron chi connectivity index (χ2n) is 6.54. The van der Waals surface area contributed by atoms with E-state index in [2.05, 4.69) is 15.3 Å². The molecule has 0 aliphatic carbocycles. The number of rotatable bonds is 10. The molecule has 0 saturated carbocycles. The number of hydrogen-bond donors (Lipinski definition) is 1. The van der Waals surface area contributed by atoms with Crippen molar-refractivity contribution in [2.24, 2.45) is 0 Å². The minimum absolute atomic E-state index is 0.0281. The Morgan fingerprint density at radius 2 is 1.90 bits per heavy atom. The molecule has 0 radical (unpaired) electrons. The van der Waals surface area contributed by atoms with Gasteiger partial charge in [-0.25, -0.2) is 4.98 Å². The predicted molar refractivity (Wildman–Crippen MR) is 114 cm³/mol. The van der Waals surface area contributed by atoms with E-state index in [0.717, 1.165) is 16.3 Å². The fourth-order valence-electron chi connectivity index (χ4n) is 2.70. The summed E-state index contributed by atoms with van der Waals surface area (Å²) in [7, 11) is 0. The highest BCUT2D eigenvalue weighted by atomic mass is 32.1. The number of hydrogen-bond acceptors (Lipinski definition) is 7. The lowest BCUT2D eigenvalue weighted by Crippen LogP contribution is -2.26. The number of Topliss-reactive ketones (excluding diaryl/α,β-unsaturated/α-hetero) is 2. The van der Waals surface area contributed by atoms with Gasteiger partial charge in [-0.15, -0.1) is 22.7 Å². The molecule has 3 aromatic rings. The number of pyridine rings is 1. The molecule has 0 aliphatic heterocycles. The lowest BCUT2D eigenvalue weighted by Gasteiger charge is -2.11. The zero-order chi connectivity index (χ0) is 20.6. The second-order valence-corrected chi connectivity index (χ2v) is 8.38. The molecule has 1 N–H and O–H groups in total. The van der Waals surface area contributed by atoms with Crippen LogP contribution in [0.25, 0.3) is 11.3 Å². The second kappa shape index (κ2) is 10.2. The first-order valence-electron chi connectivity index (χ1n) is 9.26. The van der Waals surface area contributed by atoms with E-state index in [1.807, 2.05) is 35.9 Å². The number of nitrogens with one attached hydrogen (secondary N) is 1. The third-order valence-electron chi connectivity index (χ3n) is 4.28. The first-order valence-corrected chi connectivity index (χ1v) is 11.0. The Kier molecular flexibility index (Phi) is 7.37. The quantitative estimate of drug-likeness (QED) is 0.483. The molecular weight excluding hydrogens is 406 g/mol. The number of ketones is 2. The highest BCUT2D eigenvalue weighted by Crippen LogP contribution is 2.24. The number of thiazole rings is 1. The standard InChI is InChI=1S/C21H21N3O3S2/c1-14(21-24-17(13-29-21)15-4-2-10-22-12-15)23-20(27)9-7-16(25)6-8-18(26)19-5-3-11-28-19/h2-5,10-14H,6-9H2,1H3,(H,23,27). The van der Waals surface area contributed by atoms with E-state index in [-0.39, 0.29) is 49.2 Å². The van der Waals surface area contributed by atoms with Crippen LogP contribution in [0.4, 0.5) is 0 Å². The summed E-state index contributed by atoms with van der Waals surface area (Å²) < 4.78 is 0. The summed E-state index contributed by atoms with van der Waals surface area (Å²) in [6.45, 7) is 1.87. The van der Waals surface area contributed by atoms with Crippen molar-refractivity contribution in [3.63, 3.8) is 0 Å². The van der Waals surface area contributed by atoms with Crippen molar-refractivity contribution >= 4 is 40.1 Å². The summed E-state index contributed by atoms with van der Waals surface area (Å²) in [6.07, 6.45) is 4.05. The van der Waals surface area contributed by atoms with Crippen LogP contribution >= 0.6 is 22.7 Å². The van der Waals surface area contributed by atoms with Crippen LogP contribution in [-0.2, 0) is 9.59 Å². The third-order valence-corrected chi connectivity index (χ3v) is 6.22. The first kappa shape index (κ1) is 21.0. The normalized spacial score (nSPS) is 11.8. The molecule has 150 valence electrons. The highest BCUT2D eigenvalue weighted by Gasteiger charge is 2.16. The van der Waals surface area contributed by atoms with Gasteiger partial charge in [0.2, 0.25) is 5.91 Å². The van der Waals surface area contributed by atoms with E-state index >= 15 is 0 Å². The average Bonchev–Trinajstić information content (AvgIpc) is 3.43. The Morgan fingerprint density at radius 1 is 1.07 bits per heavy atom. The van der Waals surface area contributed by atoms with Gasteiger partial charge in [0.15, 0.2) is 5.78 Å². The van der Waals surface area contributed by atoms with Gasteiger partial charge in [-0.2, -0.15) is 0 Å². The Balaban J connectivity index is 1.41. The molecule has 3 aromatic heterocycles. The van der Waals surface area contributed by atoms with Crippen molar-refractivity contribution in [3.8, 4) is 11.3 Å². The summed E-state index contributed by atoms with van der Waals surface area (Å²) in [4.78, 5) is 45.4. The van der Waals surface area contributed by atoms with Gasteiger partial charge in [-0.1, -0.05) is 6.07 Å². The van der Waals surface area contributed by atoms with Crippen molar-refractivity contribution in [1.29, 1.82) is 0 Å². The first-order chi connectivity index (χ1) is 14.0. The van der Waals surface area contributed by atoms with Gasteiger partial charge in [0.1, 0.15) is 10.8 Å². The highest BCUT2D eigenvalue weighted by molar-refractivity contribution is 7.12. The predicted octanol–water partition coefficient (Wildman–Crippen LogP) is 4.46. The van der Waals surface area contributed by atoms with Gasteiger partial charge >= 0.3 is 0 Å². The van der Waals surface area contributed by atoms with Crippen molar-refractivity contribution in [3.05, 3.63) is 57.3 Å². The van der Waals surface area contributed by atoms with Crippen LogP contribution < -0.4 is 5.32 Å². The lowest BCUT2D eigenvalue weighted by molar-refractivity contribution is -0.125. The molecule has 8 heteroatoms. The van der Waals surface area contributed by atoms with E-state index in [1.54, 1.807) is 18.5 Å². The molecule has 1 amide bonds. The Bertz CT molecular complexity index is 968. The fourth-order valence-corrected chi connectivity index (χ4v) is 4.23. The number of carbonyl (C=O) groups is 3.